The molecule has 1 fully saturated rings. The van der Waals surface area contributed by atoms with E-state index in [-0.39, 0.29) is 17.1 Å². The summed E-state index contributed by atoms with van der Waals surface area (Å²) >= 11 is 0. The van der Waals surface area contributed by atoms with Crippen LogP contribution in [0.4, 0.5) is 13.2 Å². The zero-order valence-corrected chi connectivity index (χ0v) is 13.1. The largest absolute Gasteiger partial charge is 0.507 e. The molecule has 23 heavy (non-hydrogen) atoms. The van der Waals surface area contributed by atoms with Crippen molar-refractivity contribution in [3.05, 3.63) is 17.7 Å². The third-order valence-electron chi connectivity index (χ3n) is 3.90. The average Bonchev–Trinajstić information content (AvgIpc) is 2.52. The normalized spacial score (nSPS) is 17.8. The van der Waals surface area contributed by atoms with Gasteiger partial charge in [-0.3, -0.25) is 4.90 Å². The first-order valence-electron chi connectivity index (χ1n) is 7.32. The number of methoxy groups -OCH3 is 2. The topological polar surface area (TPSA) is 54.0 Å². The van der Waals surface area contributed by atoms with E-state index < -0.39 is 18.6 Å². The molecule has 1 heterocycles. The number of piperazine rings is 1. The Morgan fingerprint density at radius 2 is 1.87 bits per heavy atom. The van der Waals surface area contributed by atoms with Crippen LogP contribution in [0, 0.1) is 0 Å². The number of nitrogens with zero attached hydrogens (tertiary/aromatic N) is 1. The second-order valence-electron chi connectivity index (χ2n) is 5.38. The minimum absolute atomic E-state index is 0.146. The molecule has 0 spiro atoms. The summed E-state index contributed by atoms with van der Waals surface area (Å²) in [6.45, 7) is 2.14. The van der Waals surface area contributed by atoms with Crippen LogP contribution >= 0.6 is 0 Å². The van der Waals surface area contributed by atoms with Gasteiger partial charge in [0, 0.05) is 38.3 Å². The summed E-state index contributed by atoms with van der Waals surface area (Å²) in [6, 6.07) is 1.79. The molecular formula is C15H21F3N2O3. The molecule has 0 amide bonds. The molecule has 0 bridgehead atoms. The maximum absolute atomic E-state index is 13.1. The molecule has 0 aliphatic carbocycles. The number of halogens is 3. The van der Waals surface area contributed by atoms with E-state index in [2.05, 4.69) is 5.32 Å². The van der Waals surface area contributed by atoms with Gasteiger partial charge in [-0.15, -0.1) is 0 Å². The third-order valence-corrected chi connectivity index (χ3v) is 3.90. The number of phenolic OH excluding ortho intramolecular Hbond substituents is 1. The van der Waals surface area contributed by atoms with Crippen molar-refractivity contribution >= 4 is 0 Å². The molecule has 0 aromatic heterocycles. The van der Waals surface area contributed by atoms with Crippen molar-refractivity contribution in [1.82, 2.24) is 10.2 Å². The summed E-state index contributed by atoms with van der Waals surface area (Å²) in [5.41, 5.74) is 0.146. The lowest BCUT2D eigenvalue weighted by atomic mass is 9.98. The summed E-state index contributed by atoms with van der Waals surface area (Å²) in [5, 5.41) is 13.4. The highest BCUT2D eigenvalue weighted by Gasteiger charge is 2.38. The van der Waals surface area contributed by atoms with E-state index in [1.54, 1.807) is 4.90 Å². The Morgan fingerprint density at radius 3 is 2.39 bits per heavy atom. The number of alkyl halides is 3. The lowest BCUT2D eigenvalue weighted by Gasteiger charge is -2.36. The van der Waals surface area contributed by atoms with Crippen molar-refractivity contribution in [2.45, 2.75) is 18.6 Å². The van der Waals surface area contributed by atoms with Crippen LogP contribution in [0.25, 0.3) is 0 Å². The van der Waals surface area contributed by atoms with Crippen LogP contribution in [-0.4, -0.2) is 56.6 Å². The molecule has 1 atom stereocenters. The molecule has 1 aromatic rings. The van der Waals surface area contributed by atoms with Gasteiger partial charge in [0.25, 0.3) is 0 Å². The quantitative estimate of drug-likeness (QED) is 0.865. The average molecular weight is 334 g/mol. The fraction of sp³-hybridized carbons (Fsp3) is 0.600. The van der Waals surface area contributed by atoms with Gasteiger partial charge in [0.1, 0.15) is 17.2 Å². The smallest absolute Gasteiger partial charge is 0.390 e. The van der Waals surface area contributed by atoms with E-state index in [9.17, 15) is 18.3 Å². The second-order valence-corrected chi connectivity index (χ2v) is 5.38. The van der Waals surface area contributed by atoms with Crippen LogP contribution in [0.2, 0.25) is 0 Å². The summed E-state index contributed by atoms with van der Waals surface area (Å²) in [6.07, 6.45) is -5.41. The van der Waals surface area contributed by atoms with Crippen LogP contribution < -0.4 is 14.8 Å². The Hall–Kier alpha value is -1.67. The Labute approximate surface area is 133 Å². The number of hydrogen-bond acceptors (Lipinski definition) is 5. The van der Waals surface area contributed by atoms with Crippen molar-refractivity contribution in [3.63, 3.8) is 0 Å². The minimum atomic E-state index is -4.35. The fourth-order valence-corrected chi connectivity index (χ4v) is 2.84. The van der Waals surface area contributed by atoms with Crippen molar-refractivity contribution in [3.8, 4) is 17.2 Å². The predicted octanol–water partition coefficient (Wildman–Crippen LogP) is 2.31. The molecule has 2 rings (SSSR count). The predicted molar refractivity (Wildman–Crippen MR) is 79.1 cm³/mol. The number of phenols is 1. The third kappa shape index (κ3) is 4.42. The first-order chi connectivity index (χ1) is 10.9. The lowest BCUT2D eigenvalue weighted by molar-refractivity contribution is -0.149. The van der Waals surface area contributed by atoms with Crippen LogP contribution in [0.1, 0.15) is 18.0 Å². The summed E-state index contributed by atoms with van der Waals surface area (Å²) in [7, 11) is 2.78. The van der Waals surface area contributed by atoms with Gasteiger partial charge in [0.15, 0.2) is 0 Å². The van der Waals surface area contributed by atoms with Gasteiger partial charge in [-0.2, -0.15) is 13.2 Å². The Balaban J connectivity index is 2.45. The highest BCUT2D eigenvalue weighted by molar-refractivity contribution is 5.51. The molecule has 2 N–H and O–H groups in total. The van der Waals surface area contributed by atoms with E-state index in [1.807, 2.05) is 0 Å². The van der Waals surface area contributed by atoms with E-state index in [0.29, 0.717) is 31.9 Å². The van der Waals surface area contributed by atoms with Crippen molar-refractivity contribution in [2.75, 3.05) is 40.4 Å². The first kappa shape index (κ1) is 17.7. The molecule has 0 unspecified atom stereocenters. The van der Waals surface area contributed by atoms with Crippen molar-refractivity contribution in [2.24, 2.45) is 0 Å². The van der Waals surface area contributed by atoms with Gasteiger partial charge >= 0.3 is 6.18 Å². The molecule has 8 heteroatoms. The molecule has 1 aliphatic heterocycles. The van der Waals surface area contributed by atoms with Gasteiger partial charge in [-0.25, -0.2) is 0 Å². The molecular weight excluding hydrogens is 313 g/mol. The zero-order valence-electron chi connectivity index (χ0n) is 13.1. The van der Waals surface area contributed by atoms with Gasteiger partial charge < -0.3 is 19.9 Å². The van der Waals surface area contributed by atoms with Gasteiger partial charge in [0.05, 0.1) is 32.2 Å². The Kier molecular flexibility index (Phi) is 5.59. The summed E-state index contributed by atoms with van der Waals surface area (Å²) in [4.78, 5) is 1.72. The molecule has 0 saturated carbocycles. The van der Waals surface area contributed by atoms with E-state index in [0.717, 1.165) is 0 Å². The highest BCUT2D eigenvalue weighted by atomic mass is 19.4. The monoisotopic (exact) mass is 334 g/mol. The van der Waals surface area contributed by atoms with Gasteiger partial charge in [-0.1, -0.05) is 0 Å². The maximum Gasteiger partial charge on any atom is 0.390 e. The number of ether oxygens (including phenoxy) is 2. The lowest BCUT2D eigenvalue weighted by Crippen LogP contribution is -2.46. The molecule has 1 aromatic carbocycles. The molecule has 1 aliphatic rings. The Morgan fingerprint density at radius 1 is 1.22 bits per heavy atom. The number of aromatic hydroxyl groups is 1. The van der Waals surface area contributed by atoms with Gasteiger partial charge in [0.2, 0.25) is 0 Å². The zero-order chi connectivity index (χ0) is 17.0. The highest BCUT2D eigenvalue weighted by Crippen LogP contribution is 2.44. The maximum atomic E-state index is 13.1. The van der Waals surface area contributed by atoms with E-state index >= 15 is 0 Å². The van der Waals surface area contributed by atoms with Gasteiger partial charge in [-0.05, 0) is 0 Å². The fourth-order valence-electron chi connectivity index (χ4n) is 2.84. The first-order valence-corrected chi connectivity index (χ1v) is 7.32. The number of rotatable bonds is 5. The standard InChI is InChI=1S/C15H21F3N2O3/c1-22-10-7-12(21)14(13(8-10)23-2)11(9-15(16,17)18)20-5-3-19-4-6-20/h7-8,11,19,21H,3-6,9H2,1-2H3/t11-/m1/s1. The molecule has 0 radical (unpaired) electrons. The van der Waals surface area contributed by atoms with E-state index in [4.69, 9.17) is 9.47 Å². The van der Waals surface area contributed by atoms with E-state index in [1.165, 1.54) is 26.4 Å². The van der Waals surface area contributed by atoms with Crippen LogP contribution in [0.3, 0.4) is 0 Å². The van der Waals surface area contributed by atoms with Crippen LogP contribution in [0.5, 0.6) is 17.2 Å². The molecule has 130 valence electrons. The summed E-state index contributed by atoms with van der Waals surface area (Å²) in [5.74, 6) is 0.262. The van der Waals surface area contributed by atoms with Crippen molar-refractivity contribution in [1.29, 1.82) is 0 Å². The number of nitrogens with one attached hydrogen (secondary N) is 1. The van der Waals surface area contributed by atoms with Crippen molar-refractivity contribution < 1.29 is 27.8 Å². The number of benzene rings is 1. The summed E-state index contributed by atoms with van der Waals surface area (Å²) < 4.78 is 49.4. The van der Waals surface area contributed by atoms with Crippen LogP contribution in [-0.2, 0) is 0 Å². The Bertz CT molecular complexity index is 531. The molecule has 1 saturated heterocycles. The minimum Gasteiger partial charge on any atom is -0.507 e. The SMILES string of the molecule is COc1cc(O)c([C@@H](CC(F)(F)F)N2CCNCC2)c(OC)c1. The molecule has 5 nitrogen and oxygen atoms in total. The number of hydrogen-bond donors (Lipinski definition) is 2. The second kappa shape index (κ2) is 7.27. The van der Waals surface area contributed by atoms with Crippen LogP contribution in [0.15, 0.2) is 12.1 Å².